The van der Waals surface area contributed by atoms with Gasteiger partial charge in [0.2, 0.25) is 11.1 Å². The van der Waals surface area contributed by atoms with Gasteiger partial charge in [-0.1, -0.05) is 6.07 Å². The second kappa shape index (κ2) is 15.4. The molecule has 0 aliphatic rings. The van der Waals surface area contributed by atoms with Crippen LogP contribution in [0.1, 0.15) is 23.3 Å². The van der Waals surface area contributed by atoms with Crippen molar-refractivity contribution in [2.45, 2.75) is 18.6 Å². The lowest BCUT2D eigenvalue weighted by molar-refractivity contribution is 0.205. The minimum atomic E-state index is -1.68. The standard InChI is InChI=1S/C26H34Cl2N4O3S2/c1-3-31(15-16-34-2)25-9-4-20(19-30-25)18-24(23-10-17-36-26(23)29)37(33)35-22-7-5-21(6-8-22)32(13-11-27)14-12-28/h4-10,17,19,24H,3,11-16,18,29H2,1-2H3. The van der Waals surface area contributed by atoms with E-state index in [2.05, 4.69) is 21.7 Å². The zero-order valence-electron chi connectivity index (χ0n) is 21.1. The SMILES string of the molecule is CCN(CCOC)c1ccc(CC(c2ccsc2N)S(=O)Oc2ccc(N(CCCl)CCCl)cc2)cn1. The fourth-order valence-electron chi connectivity index (χ4n) is 3.89. The Morgan fingerprint density at radius 1 is 1.05 bits per heavy atom. The van der Waals surface area contributed by atoms with Crippen LogP contribution < -0.4 is 19.7 Å². The Bertz CT molecular complexity index is 1090. The van der Waals surface area contributed by atoms with E-state index in [4.69, 9.17) is 37.9 Å². The van der Waals surface area contributed by atoms with E-state index in [0.717, 1.165) is 35.7 Å². The lowest BCUT2D eigenvalue weighted by atomic mass is 10.1. The number of anilines is 3. The van der Waals surface area contributed by atoms with Gasteiger partial charge in [0.05, 0.1) is 11.6 Å². The molecule has 2 atom stereocenters. The number of pyridine rings is 1. The summed E-state index contributed by atoms with van der Waals surface area (Å²) < 4.78 is 24.6. The number of hydrogen-bond donors (Lipinski definition) is 1. The smallest absolute Gasteiger partial charge is 0.214 e. The molecule has 0 saturated heterocycles. The van der Waals surface area contributed by atoms with Crippen LogP contribution in [0.4, 0.5) is 16.5 Å². The predicted octanol–water partition coefficient (Wildman–Crippen LogP) is 5.51. The lowest BCUT2D eigenvalue weighted by Crippen LogP contribution is -2.27. The van der Waals surface area contributed by atoms with Crippen molar-refractivity contribution in [1.29, 1.82) is 0 Å². The summed E-state index contributed by atoms with van der Waals surface area (Å²) in [6.07, 6.45) is 2.30. The van der Waals surface area contributed by atoms with Crippen molar-refractivity contribution in [3.05, 3.63) is 65.2 Å². The number of likely N-dealkylation sites (N-methyl/N-ethyl adjacent to an activating group) is 1. The molecule has 202 valence electrons. The normalized spacial score (nSPS) is 12.8. The number of hydrogen-bond acceptors (Lipinski definition) is 8. The topological polar surface area (TPSA) is 80.9 Å². The van der Waals surface area contributed by atoms with Crippen LogP contribution in [0, 0.1) is 0 Å². The number of alkyl halides is 2. The van der Waals surface area contributed by atoms with E-state index in [1.165, 1.54) is 11.3 Å². The minimum absolute atomic E-state index is 0.446. The molecule has 0 radical (unpaired) electrons. The molecule has 0 bridgehead atoms. The van der Waals surface area contributed by atoms with Crippen molar-refractivity contribution < 1.29 is 13.1 Å². The van der Waals surface area contributed by atoms with Gasteiger partial charge in [-0.05, 0) is 60.7 Å². The first-order chi connectivity index (χ1) is 18.0. The van der Waals surface area contributed by atoms with Crippen molar-refractivity contribution in [2.24, 2.45) is 0 Å². The van der Waals surface area contributed by atoms with Gasteiger partial charge in [0.25, 0.3) is 0 Å². The Labute approximate surface area is 236 Å². The number of nitrogen functional groups attached to an aromatic ring is 1. The summed E-state index contributed by atoms with van der Waals surface area (Å²) in [5.74, 6) is 2.40. The lowest BCUT2D eigenvalue weighted by Gasteiger charge is -2.23. The average Bonchev–Trinajstić information content (AvgIpc) is 3.34. The number of aromatic nitrogens is 1. The van der Waals surface area contributed by atoms with Crippen LogP contribution in [-0.4, -0.2) is 60.8 Å². The van der Waals surface area contributed by atoms with E-state index >= 15 is 0 Å². The van der Waals surface area contributed by atoms with Gasteiger partial charge in [-0.3, -0.25) is 0 Å². The van der Waals surface area contributed by atoms with Gasteiger partial charge in [0.1, 0.15) is 16.8 Å². The van der Waals surface area contributed by atoms with E-state index < -0.39 is 16.3 Å². The van der Waals surface area contributed by atoms with Crippen molar-refractivity contribution >= 4 is 62.1 Å². The number of ether oxygens (including phenoxy) is 1. The molecule has 0 aliphatic heterocycles. The summed E-state index contributed by atoms with van der Waals surface area (Å²) in [6, 6.07) is 13.4. The summed E-state index contributed by atoms with van der Waals surface area (Å²) in [5.41, 5.74) is 8.98. The summed E-state index contributed by atoms with van der Waals surface area (Å²) in [4.78, 5) is 8.88. The van der Waals surface area contributed by atoms with E-state index in [1.807, 2.05) is 54.0 Å². The molecule has 0 aliphatic carbocycles. The van der Waals surface area contributed by atoms with E-state index in [9.17, 15) is 4.21 Å². The van der Waals surface area contributed by atoms with Gasteiger partial charge in [-0.15, -0.1) is 34.5 Å². The number of thiophene rings is 1. The largest absolute Gasteiger partial charge is 0.400 e. The number of methoxy groups -OCH3 is 1. The molecule has 0 fully saturated rings. The molecule has 37 heavy (non-hydrogen) atoms. The number of halogens is 2. The van der Waals surface area contributed by atoms with Gasteiger partial charge >= 0.3 is 0 Å². The average molecular weight is 586 g/mol. The van der Waals surface area contributed by atoms with Crippen LogP contribution in [0.25, 0.3) is 0 Å². The molecular formula is C26H34Cl2N4O3S2. The molecule has 2 heterocycles. The fourth-order valence-corrected chi connectivity index (χ4v) is 6.24. The minimum Gasteiger partial charge on any atom is -0.400 e. The number of benzene rings is 1. The van der Waals surface area contributed by atoms with Crippen LogP contribution >= 0.6 is 34.5 Å². The highest BCUT2D eigenvalue weighted by Crippen LogP contribution is 2.34. The van der Waals surface area contributed by atoms with Crippen molar-refractivity contribution in [3.63, 3.8) is 0 Å². The Kier molecular flexibility index (Phi) is 12.3. The molecule has 11 heteroatoms. The highest BCUT2D eigenvalue weighted by Gasteiger charge is 2.25. The molecule has 1 aromatic carbocycles. The third-order valence-electron chi connectivity index (χ3n) is 5.90. The van der Waals surface area contributed by atoms with Gasteiger partial charge in [0.15, 0.2) is 0 Å². The zero-order valence-corrected chi connectivity index (χ0v) is 24.3. The first-order valence-electron chi connectivity index (χ1n) is 12.1. The first kappa shape index (κ1) is 29.5. The highest BCUT2D eigenvalue weighted by atomic mass is 35.5. The maximum atomic E-state index is 13.5. The van der Waals surface area contributed by atoms with Crippen LogP contribution in [-0.2, 0) is 22.2 Å². The summed E-state index contributed by atoms with van der Waals surface area (Å²) in [6.45, 7) is 5.69. The molecule has 0 spiro atoms. The van der Waals surface area contributed by atoms with Crippen LogP contribution in [0.5, 0.6) is 5.75 Å². The number of rotatable bonds is 16. The Morgan fingerprint density at radius 3 is 2.32 bits per heavy atom. The Hall–Kier alpha value is -2.04. The van der Waals surface area contributed by atoms with Gasteiger partial charge in [-0.25, -0.2) is 9.19 Å². The van der Waals surface area contributed by atoms with E-state index in [1.54, 1.807) is 7.11 Å². The second-order valence-corrected chi connectivity index (χ2v) is 11.2. The predicted molar refractivity (Wildman–Crippen MR) is 158 cm³/mol. The zero-order chi connectivity index (χ0) is 26.6. The fraction of sp³-hybridized carbons (Fsp3) is 0.423. The third kappa shape index (κ3) is 8.48. The Balaban J connectivity index is 1.75. The molecule has 0 amide bonds. The monoisotopic (exact) mass is 584 g/mol. The summed E-state index contributed by atoms with van der Waals surface area (Å²) in [5, 5.41) is 2.09. The molecule has 2 N–H and O–H groups in total. The highest BCUT2D eigenvalue weighted by molar-refractivity contribution is 7.80. The molecule has 2 unspecified atom stereocenters. The maximum absolute atomic E-state index is 13.5. The van der Waals surface area contributed by atoms with Crippen molar-refractivity contribution in [3.8, 4) is 5.75 Å². The quantitative estimate of drug-likeness (QED) is 0.222. The van der Waals surface area contributed by atoms with Gasteiger partial charge < -0.3 is 24.5 Å². The van der Waals surface area contributed by atoms with Crippen molar-refractivity contribution in [1.82, 2.24) is 4.98 Å². The van der Waals surface area contributed by atoms with Crippen LogP contribution in [0.2, 0.25) is 0 Å². The number of nitrogens with zero attached hydrogens (tertiary/aromatic N) is 3. The molecular weight excluding hydrogens is 551 g/mol. The van der Waals surface area contributed by atoms with Crippen LogP contribution in [0.3, 0.4) is 0 Å². The summed E-state index contributed by atoms with van der Waals surface area (Å²) in [7, 11) is 1.69. The van der Waals surface area contributed by atoms with E-state index in [-0.39, 0.29) is 0 Å². The molecule has 3 aromatic rings. The molecule has 2 aromatic heterocycles. The molecule has 0 saturated carbocycles. The summed E-state index contributed by atoms with van der Waals surface area (Å²) >= 11 is 11.6. The van der Waals surface area contributed by atoms with Crippen LogP contribution in [0.15, 0.2) is 54.0 Å². The second-order valence-electron chi connectivity index (χ2n) is 8.23. The molecule has 7 nitrogen and oxygen atoms in total. The number of nitrogens with two attached hydrogens (primary N) is 1. The van der Waals surface area contributed by atoms with Gasteiger partial charge in [0, 0.05) is 62.5 Å². The Morgan fingerprint density at radius 2 is 1.78 bits per heavy atom. The van der Waals surface area contributed by atoms with E-state index in [0.29, 0.717) is 48.6 Å². The molecule has 3 rings (SSSR count). The maximum Gasteiger partial charge on any atom is 0.214 e. The van der Waals surface area contributed by atoms with Gasteiger partial charge in [-0.2, -0.15) is 0 Å². The third-order valence-corrected chi connectivity index (χ3v) is 8.24. The van der Waals surface area contributed by atoms with Crippen molar-refractivity contribution in [2.75, 3.05) is 67.2 Å². The first-order valence-corrected chi connectivity index (χ1v) is 15.2.